The number of carbonyl (C=O) groups excluding carboxylic acids is 2. The van der Waals surface area contributed by atoms with Crippen LogP contribution in [-0.4, -0.2) is 67.2 Å². The van der Waals surface area contributed by atoms with Crippen LogP contribution in [0, 0.1) is 10.8 Å². The van der Waals surface area contributed by atoms with E-state index in [4.69, 9.17) is 24.0 Å². The molecule has 1 fully saturated rings. The van der Waals surface area contributed by atoms with Gasteiger partial charge in [-0.1, -0.05) is 0 Å². The molecule has 2 aromatic heterocycles. The molecule has 39 heavy (non-hydrogen) atoms. The molecule has 1 aliphatic rings. The van der Waals surface area contributed by atoms with Crippen molar-refractivity contribution in [1.82, 2.24) is 14.6 Å². The zero-order valence-corrected chi connectivity index (χ0v) is 26.1. The second-order valence-corrected chi connectivity index (χ2v) is 15.4. The third kappa shape index (κ3) is 9.36. The molecule has 0 saturated carbocycles. The van der Waals surface area contributed by atoms with E-state index in [0.29, 0.717) is 29.3 Å². The number of rotatable bonds is 12. The van der Waals surface area contributed by atoms with Crippen LogP contribution in [0.5, 0.6) is 0 Å². The minimum atomic E-state index is -4.06. The average Bonchev–Trinajstić information content (AvgIpc) is 3.49. The third-order valence-electron chi connectivity index (χ3n) is 5.83. The number of hydrogen-bond acceptors (Lipinski definition) is 12. The first-order valence-corrected chi connectivity index (χ1v) is 16.6. The van der Waals surface area contributed by atoms with Gasteiger partial charge >= 0.3 is 239 Å². The van der Waals surface area contributed by atoms with Crippen molar-refractivity contribution in [3.8, 4) is 0 Å². The molecule has 0 radical (unpaired) electrons. The summed E-state index contributed by atoms with van der Waals surface area (Å²) in [6.45, 7) is 11.3. The Morgan fingerprint density at radius 3 is 2.21 bits per heavy atom. The molecule has 3 heterocycles. The van der Waals surface area contributed by atoms with Crippen LogP contribution in [0.3, 0.4) is 0 Å². The van der Waals surface area contributed by atoms with Gasteiger partial charge in [-0.3, -0.25) is 0 Å². The van der Waals surface area contributed by atoms with Gasteiger partial charge in [0.25, 0.3) is 0 Å². The Bertz CT molecular complexity index is 1100. The normalized spacial score (nSPS) is 19.1. The fourth-order valence-corrected chi connectivity index (χ4v) is 6.86. The summed E-state index contributed by atoms with van der Waals surface area (Å²) in [7, 11) is -4.06. The molecule has 0 bridgehead atoms. The summed E-state index contributed by atoms with van der Waals surface area (Å²) in [4.78, 5) is 39.6. The maximum atomic E-state index is 12.2. The van der Waals surface area contributed by atoms with Crippen LogP contribution in [0.15, 0.2) is 18.5 Å². The second-order valence-electron chi connectivity index (χ2n) is 11.3. The van der Waals surface area contributed by atoms with E-state index in [2.05, 4.69) is 10.1 Å². The van der Waals surface area contributed by atoms with Crippen LogP contribution in [0.25, 0.3) is 5.52 Å². The van der Waals surface area contributed by atoms with E-state index in [0.717, 1.165) is 35.6 Å². The summed E-state index contributed by atoms with van der Waals surface area (Å²) in [5.41, 5.74) is 6.58. The van der Waals surface area contributed by atoms with Crippen molar-refractivity contribution in [2.24, 2.45) is 10.8 Å². The Morgan fingerprint density at radius 2 is 1.64 bits per heavy atom. The molecule has 3 N–H and O–H groups in total. The molecule has 1 aliphatic heterocycles. The van der Waals surface area contributed by atoms with Crippen LogP contribution in [-0.2, 0) is 27.9 Å². The molecule has 11 nitrogen and oxygen atoms in total. The monoisotopic (exact) mass is 604 g/mol. The quantitative estimate of drug-likeness (QED) is 0.258. The number of fused-ring (bicyclic) bond motifs is 1. The second kappa shape index (κ2) is 13.6. The summed E-state index contributed by atoms with van der Waals surface area (Å²) in [5, 5.41) is 4.35. The van der Waals surface area contributed by atoms with E-state index in [1.54, 1.807) is 4.52 Å². The Hall–Kier alpha value is -1.31. The molecular weight excluding hydrogens is 563 g/mol. The molecule has 2 unspecified atom stereocenters. The number of anilines is 1. The van der Waals surface area contributed by atoms with Crippen molar-refractivity contribution >= 4 is 53.3 Å². The van der Waals surface area contributed by atoms with Gasteiger partial charge in [-0.05, 0) is 0 Å². The first-order valence-electron chi connectivity index (χ1n) is 12.9. The van der Waals surface area contributed by atoms with E-state index in [9.17, 15) is 14.5 Å². The van der Waals surface area contributed by atoms with Gasteiger partial charge in [0.05, 0.1) is 0 Å². The molecule has 0 aliphatic carbocycles. The van der Waals surface area contributed by atoms with Crippen molar-refractivity contribution in [3.63, 3.8) is 0 Å². The van der Waals surface area contributed by atoms with Crippen LogP contribution < -0.4 is 5.73 Å². The van der Waals surface area contributed by atoms with Gasteiger partial charge in [-0.2, -0.15) is 0 Å². The molecule has 1 saturated heterocycles. The van der Waals surface area contributed by atoms with Crippen molar-refractivity contribution in [2.75, 3.05) is 37.1 Å². The predicted octanol–water partition coefficient (Wildman–Crippen LogP) is 4.60. The topological polar surface area (TPSA) is 148 Å². The van der Waals surface area contributed by atoms with E-state index in [1.165, 1.54) is 6.33 Å². The summed E-state index contributed by atoms with van der Waals surface area (Å²) in [6.07, 6.45) is 2.34. The number of hydrogen-bond donors (Lipinski definition) is 2. The van der Waals surface area contributed by atoms with Gasteiger partial charge in [0, 0.05) is 0 Å². The maximum absolute atomic E-state index is 12.2. The Kier molecular flexibility index (Phi) is 11.2. The van der Waals surface area contributed by atoms with Crippen LogP contribution in [0.2, 0.25) is 0 Å². The molecule has 0 spiro atoms. The number of nitrogens with two attached hydrogens (primary N) is 1. The first-order chi connectivity index (χ1) is 18.2. The Labute approximate surface area is 238 Å². The molecule has 220 valence electrons. The van der Waals surface area contributed by atoms with Gasteiger partial charge in [0.15, 0.2) is 0 Å². The van der Waals surface area contributed by atoms with Crippen LogP contribution in [0.4, 0.5) is 5.82 Å². The summed E-state index contributed by atoms with van der Waals surface area (Å²) in [6, 6.07) is 3.77. The fourth-order valence-electron chi connectivity index (χ4n) is 3.63. The van der Waals surface area contributed by atoms with Crippen molar-refractivity contribution in [1.29, 1.82) is 0 Å². The van der Waals surface area contributed by atoms with Gasteiger partial charge in [-0.25, -0.2) is 0 Å². The predicted molar refractivity (Wildman–Crippen MR) is 156 cm³/mol. The average molecular weight is 605 g/mol. The zero-order chi connectivity index (χ0) is 28.8. The molecule has 2 aromatic rings. The summed E-state index contributed by atoms with van der Waals surface area (Å²) >= 11 is 2.29. The van der Waals surface area contributed by atoms with E-state index in [-0.39, 0.29) is 42.3 Å². The van der Waals surface area contributed by atoms with Gasteiger partial charge in [0.1, 0.15) is 0 Å². The first kappa shape index (κ1) is 32.2. The van der Waals surface area contributed by atoms with Crippen LogP contribution >= 0.6 is 31.7 Å². The standard InChI is InChI=1S/C25H41N4O7PS2/c1-24(2,3)22(30)38-13-11-33-37(32,34-12-14-39-23(31)25(4,5)6)35-15-17-7-10-20(36-17)18-8-9-19-21(26)27-16-28-29(18)19/h8-9,16-17,20,32,37H,7,10-15H2,1-6H3,(H2,26,27,28). The minimum absolute atomic E-state index is 0.0329. The molecule has 3 rings (SSSR count). The van der Waals surface area contributed by atoms with Crippen LogP contribution in [0.1, 0.15) is 66.2 Å². The SMILES string of the molecule is CC(C)(C)C(=O)SCCO[PH](O)(OCCSC(=O)C(C)(C)C)OCC1CCC(c2ccc3c(N)ncnn23)O1. The number of nitrogens with zero attached hydrogens (tertiary/aromatic N) is 3. The number of carbonyl (C=O) groups is 2. The number of ether oxygens (including phenoxy) is 1. The molecule has 14 heteroatoms. The molecular formula is C25H41N4O7PS2. The van der Waals surface area contributed by atoms with E-state index < -0.39 is 19.0 Å². The van der Waals surface area contributed by atoms with Gasteiger partial charge in [0.2, 0.25) is 0 Å². The van der Waals surface area contributed by atoms with Crippen molar-refractivity contribution in [2.45, 2.75) is 66.6 Å². The molecule has 0 amide bonds. The fraction of sp³-hybridized carbons (Fsp3) is 0.680. The molecule has 0 aromatic carbocycles. The van der Waals surface area contributed by atoms with Gasteiger partial charge in [-0.15, -0.1) is 0 Å². The number of aromatic nitrogens is 3. The number of nitrogen functional groups attached to an aromatic ring is 1. The Balaban J connectivity index is 1.55. The molecule has 2 atom stereocenters. The van der Waals surface area contributed by atoms with E-state index >= 15 is 0 Å². The van der Waals surface area contributed by atoms with Crippen molar-refractivity contribution in [3.05, 3.63) is 24.2 Å². The van der Waals surface area contributed by atoms with E-state index in [1.807, 2.05) is 53.7 Å². The summed E-state index contributed by atoms with van der Waals surface area (Å²) in [5.74, 6) is 1.09. The van der Waals surface area contributed by atoms with Crippen molar-refractivity contribution < 1.29 is 32.8 Å². The summed E-state index contributed by atoms with van der Waals surface area (Å²) < 4.78 is 25.1. The van der Waals surface area contributed by atoms with Gasteiger partial charge < -0.3 is 0 Å². The Morgan fingerprint density at radius 1 is 1.05 bits per heavy atom. The third-order valence-corrected chi connectivity index (χ3v) is 9.99. The zero-order valence-electron chi connectivity index (χ0n) is 23.5. The number of thioether (sulfide) groups is 2.